The van der Waals surface area contributed by atoms with Gasteiger partial charge in [0.05, 0.1) is 13.2 Å². The Morgan fingerprint density at radius 2 is 2.13 bits per heavy atom. The highest BCUT2D eigenvalue weighted by molar-refractivity contribution is 5.84. The summed E-state index contributed by atoms with van der Waals surface area (Å²) >= 11 is 0. The SMILES string of the molecule is COCCNC(=O)CN(C)C(=O)CCN. The number of rotatable bonds is 7. The van der Waals surface area contributed by atoms with Crippen molar-refractivity contribution in [2.45, 2.75) is 6.42 Å². The van der Waals surface area contributed by atoms with Gasteiger partial charge in [-0.3, -0.25) is 9.59 Å². The fraction of sp³-hybridized carbons (Fsp3) is 0.778. The van der Waals surface area contributed by atoms with Gasteiger partial charge in [0, 0.05) is 33.7 Å². The van der Waals surface area contributed by atoms with Crippen LogP contribution in [0, 0.1) is 0 Å². The normalized spacial score (nSPS) is 9.80. The Hall–Kier alpha value is -1.14. The van der Waals surface area contributed by atoms with Crippen molar-refractivity contribution in [1.29, 1.82) is 0 Å². The number of carbonyl (C=O) groups is 2. The largest absolute Gasteiger partial charge is 0.383 e. The summed E-state index contributed by atoms with van der Waals surface area (Å²) in [7, 11) is 3.14. The van der Waals surface area contributed by atoms with Gasteiger partial charge in [0.1, 0.15) is 0 Å². The van der Waals surface area contributed by atoms with Crippen LogP contribution in [-0.4, -0.2) is 57.1 Å². The molecule has 0 saturated heterocycles. The fourth-order valence-electron chi connectivity index (χ4n) is 0.966. The van der Waals surface area contributed by atoms with E-state index in [0.29, 0.717) is 19.7 Å². The molecule has 0 unspecified atom stereocenters. The molecule has 15 heavy (non-hydrogen) atoms. The second-order valence-electron chi connectivity index (χ2n) is 3.13. The molecule has 3 N–H and O–H groups in total. The lowest BCUT2D eigenvalue weighted by Gasteiger charge is -2.16. The molecule has 0 radical (unpaired) electrons. The first-order valence-corrected chi connectivity index (χ1v) is 4.81. The van der Waals surface area contributed by atoms with Crippen LogP contribution in [0.3, 0.4) is 0 Å². The molecule has 0 aromatic carbocycles. The summed E-state index contributed by atoms with van der Waals surface area (Å²) in [5.74, 6) is -0.320. The molecule has 0 spiro atoms. The van der Waals surface area contributed by atoms with Crippen molar-refractivity contribution in [3.8, 4) is 0 Å². The van der Waals surface area contributed by atoms with Gasteiger partial charge in [0.15, 0.2) is 0 Å². The molecule has 0 rings (SSSR count). The Morgan fingerprint density at radius 1 is 1.47 bits per heavy atom. The number of likely N-dealkylation sites (N-methyl/N-ethyl adjacent to an activating group) is 1. The molecule has 0 aliphatic rings. The van der Waals surface area contributed by atoms with Crippen LogP contribution in [0.15, 0.2) is 0 Å². The predicted octanol–water partition coefficient (Wildman–Crippen LogP) is -1.44. The van der Waals surface area contributed by atoms with E-state index >= 15 is 0 Å². The van der Waals surface area contributed by atoms with Gasteiger partial charge in [-0.05, 0) is 0 Å². The smallest absolute Gasteiger partial charge is 0.239 e. The van der Waals surface area contributed by atoms with E-state index in [2.05, 4.69) is 5.32 Å². The summed E-state index contributed by atoms with van der Waals surface area (Å²) < 4.78 is 4.77. The van der Waals surface area contributed by atoms with E-state index < -0.39 is 0 Å². The van der Waals surface area contributed by atoms with Crippen molar-refractivity contribution in [2.75, 3.05) is 40.4 Å². The molecule has 0 aromatic rings. The molecule has 0 heterocycles. The summed E-state index contributed by atoms with van der Waals surface area (Å²) in [6.07, 6.45) is 0.266. The number of hydrogen-bond donors (Lipinski definition) is 2. The van der Waals surface area contributed by atoms with Gasteiger partial charge in [-0.15, -0.1) is 0 Å². The molecular weight excluding hydrogens is 198 g/mol. The first-order valence-electron chi connectivity index (χ1n) is 4.81. The third kappa shape index (κ3) is 6.87. The molecular formula is C9H19N3O3. The number of amides is 2. The topological polar surface area (TPSA) is 84.7 Å². The van der Waals surface area contributed by atoms with E-state index in [1.807, 2.05) is 0 Å². The van der Waals surface area contributed by atoms with E-state index in [1.54, 1.807) is 14.2 Å². The van der Waals surface area contributed by atoms with E-state index in [9.17, 15) is 9.59 Å². The van der Waals surface area contributed by atoms with Crippen LogP contribution in [-0.2, 0) is 14.3 Å². The molecule has 0 atom stereocenters. The minimum atomic E-state index is -0.195. The average Bonchev–Trinajstić information content (AvgIpc) is 2.18. The molecule has 0 aliphatic carbocycles. The fourth-order valence-corrected chi connectivity index (χ4v) is 0.966. The van der Waals surface area contributed by atoms with E-state index in [1.165, 1.54) is 4.90 Å². The molecule has 0 bridgehead atoms. The van der Waals surface area contributed by atoms with Crippen molar-refractivity contribution >= 4 is 11.8 Å². The van der Waals surface area contributed by atoms with Crippen molar-refractivity contribution in [3.63, 3.8) is 0 Å². The lowest BCUT2D eigenvalue weighted by Crippen LogP contribution is -2.39. The second kappa shape index (κ2) is 8.19. The van der Waals surface area contributed by atoms with Crippen molar-refractivity contribution in [3.05, 3.63) is 0 Å². The Kier molecular flexibility index (Phi) is 7.57. The maximum absolute atomic E-state index is 11.2. The first kappa shape index (κ1) is 13.9. The molecule has 6 heteroatoms. The monoisotopic (exact) mass is 217 g/mol. The molecule has 0 saturated carbocycles. The van der Waals surface area contributed by atoms with E-state index in [4.69, 9.17) is 10.5 Å². The zero-order valence-corrected chi connectivity index (χ0v) is 9.28. The number of carbonyl (C=O) groups excluding carboxylic acids is 2. The number of ether oxygens (including phenoxy) is 1. The number of nitrogens with zero attached hydrogens (tertiary/aromatic N) is 1. The Labute approximate surface area is 89.7 Å². The lowest BCUT2D eigenvalue weighted by molar-refractivity contribution is -0.134. The summed E-state index contributed by atoms with van der Waals surface area (Å²) in [5.41, 5.74) is 5.23. The molecule has 88 valence electrons. The molecule has 0 aliphatic heterocycles. The minimum absolute atomic E-state index is 0.0581. The number of methoxy groups -OCH3 is 1. The van der Waals surface area contributed by atoms with Gasteiger partial charge in [0.25, 0.3) is 0 Å². The standard InChI is InChI=1S/C9H19N3O3/c1-12(9(14)3-4-10)7-8(13)11-5-6-15-2/h3-7,10H2,1-2H3,(H,11,13). The Balaban J connectivity index is 3.70. The second-order valence-corrected chi connectivity index (χ2v) is 3.13. The average molecular weight is 217 g/mol. The van der Waals surface area contributed by atoms with Crippen LogP contribution >= 0.6 is 0 Å². The molecule has 6 nitrogen and oxygen atoms in total. The third-order valence-corrected chi connectivity index (χ3v) is 1.79. The lowest BCUT2D eigenvalue weighted by atomic mass is 10.3. The summed E-state index contributed by atoms with van der Waals surface area (Å²) in [6.45, 7) is 1.28. The summed E-state index contributed by atoms with van der Waals surface area (Å²) in [5, 5.41) is 2.62. The molecule has 0 aromatic heterocycles. The van der Waals surface area contributed by atoms with Gasteiger partial charge in [-0.2, -0.15) is 0 Å². The van der Waals surface area contributed by atoms with Gasteiger partial charge in [-0.25, -0.2) is 0 Å². The van der Waals surface area contributed by atoms with Crippen molar-refractivity contribution in [2.24, 2.45) is 5.73 Å². The zero-order chi connectivity index (χ0) is 11.7. The van der Waals surface area contributed by atoms with Gasteiger partial charge in [-0.1, -0.05) is 0 Å². The highest BCUT2D eigenvalue weighted by Gasteiger charge is 2.11. The molecule has 0 fully saturated rings. The van der Waals surface area contributed by atoms with Gasteiger partial charge < -0.3 is 20.7 Å². The zero-order valence-electron chi connectivity index (χ0n) is 9.28. The highest BCUT2D eigenvalue weighted by Crippen LogP contribution is 1.88. The van der Waals surface area contributed by atoms with E-state index in [-0.39, 0.29) is 24.8 Å². The van der Waals surface area contributed by atoms with Gasteiger partial charge in [0.2, 0.25) is 11.8 Å². The number of nitrogens with one attached hydrogen (secondary N) is 1. The highest BCUT2D eigenvalue weighted by atomic mass is 16.5. The molecule has 2 amide bonds. The van der Waals surface area contributed by atoms with Crippen LogP contribution in [0.5, 0.6) is 0 Å². The minimum Gasteiger partial charge on any atom is -0.383 e. The predicted molar refractivity (Wildman–Crippen MR) is 56.2 cm³/mol. The Morgan fingerprint density at radius 3 is 2.67 bits per heavy atom. The van der Waals surface area contributed by atoms with Crippen LogP contribution in [0.4, 0.5) is 0 Å². The number of nitrogens with two attached hydrogens (primary N) is 1. The maximum Gasteiger partial charge on any atom is 0.239 e. The third-order valence-electron chi connectivity index (χ3n) is 1.79. The first-order chi connectivity index (χ1) is 7.11. The number of hydrogen-bond acceptors (Lipinski definition) is 4. The van der Waals surface area contributed by atoms with Crippen molar-refractivity contribution < 1.29 is 14.3 Å². The maximum atomic E-state index is 11.2. The van der Waals surface area contributed by atoms with Gasteiger partial charge >= 0.3 is 0 Å². The van der Waals surface area contributed by atoms with Crippen molar-refractivity contribution in [1.82, 2.24) is 10.2 Å². The van der Waals surface area contributed by atoms with Crippen LogP contribution in [0.1, 0.15) is 6.42 Å². The van der Waals surface area contributed by atoms with E-state index in [0.717, 1.165) is 0 Å². The quantitative estimate of drug-likeness (QED) is 0.511. The van der Waals surface area contributed by atoms with Crippen LogP contribution in [0.2, 0.25) is 0 Å². The summed E-state index contributed by atoms with van der Waals surface area (Å²) in [6, 6.07) is 0. The Bertz CT molecular complexity index is 209. The van der Waals surface area contributed by atoms with Crippen LogP contribution < -0.4 is 11.1 Å². The van der Waals surface area contributed by atoms with Crippen LogP contribution in [0.25, 0.3) is 0 Å². The summed E-state index contributed by atoms with van der Waals surface area (Å²) in [4.78, 5) is 23.9.